The third-order valence-electron chi connectivity index (χ3n) is 4.69. The fraction of sp³-hybridized carbons (Fsp3) is 0.474. The first-order valence-electron chi connectivity index (χ1n) is 9.10. The van der Waals surface area contributed by atoms with Crippen LogP contribution in [0.3, 0.4) is 0 Å². The highest BCUT2D eigenvalue weighted by atomic mass is 16.3. The van der Waals surface area contributed by atoms with Crippen LogP contribution < -0.4 is 10.2 Å². The van der Waals surface area contributed by atoms with Gasteiger partial charge in [-0.25, -0.2) is 9.97 Å². The number of hydrogen-bond donors (Lipinski definition) is 3. The molecule has 1 saturated heterocycles. The van der Waals surface area contributed by atoms with Crippen LogP contribution in [-0.4, -0.2) is 70.5 Å². The molecule has 3 rings (SSSR count). The fourth-order valence-corrected chi connectivity index (χ4v) is 3.35. The number of aliphatic hydroxyl groups excluding tert-OH is 2. The van der Waals surface area contributed by atoms with Gasteiger partial charge in [0, 0.05) is 51.4 Å². The molecule has 0 unspecified atom stereocenters. The molecule has 0 amide bonds. The van der Waals surface area contributed by atoms with E-state index in [1.54, 1.807) is 6.33 Å². The fourth-order valence-electron chi connectivity index (χ4n) is 3.35. The van der Waals surface area contributed by atoms with Gasteiger partial charge in [-0.15, -0.1) is 0 Å². The van der Waals surface area contributed by atoms with Crippen molar-refractivity contribution in [1.82, 2.24) is 14.9 Å². The molecule has 1 atom stereocenters. The molecule has 2 heterocycles. The van der Waals surface area contributed by atoms with Gasteiger partial charge in [-0.3, -0.25) is 4.90 Å². The Bertz CT molecular complexity index is 670. The van der Waals surface area contributed by atoms with Gasteiger partial charge in [0.1, 0.15) is 18.0 Å². The van der Waals surface area contributed by atoms with Gasteiger partial charge in [0.25, 0.3) is 0 Å². The van der Waals surface area contributed by atoms with Crippen LogP contribution in [0.4, 0.5) is 11.6 Å². The van der Waals surface area contributed by atoms with E-state index in [1.165, 1.54) is 5.56 Å². The van der Waals surface area contributed by atoms with Crippen molar-refractivity contribution >= 4 is 11.6 Å². The largest absolute Gasteiger partial charge is 0.396 e. The van der Waals surface area contributed by atoms with Crippen LogP contribution >= 0.6 is 0 Å². The second-order valence-corrected chi connectivity index (χ2v) is 6.48. The normalized spacial score (nSPS) is 18.1. The Kier molecular flexibility index (Phi) is 6.76. The van der Waals surface area contributed by atoms with E-state index in [1.807, 2.05) is 12.1 Å². The predicted octanol–water partition coefficient (Wildman–Crippen LogP) is 0.954. The average Bonchev–Trinajstić information content (AvgIpc) is 2.69. The van der Waals surface area contributed by atoms with E-state index in [0.29, 0.717) is 6.54 Å². The second kappa shape index (κ2) is 9.47. The van der Waals surface area contributed by atoms with Gasteiger partial charge in [-0.2, -0.15) is 0 Å². The number of anilines is 2. The van der Waals surface area contributed by atoms with Crippen LogP contribution in [0.5, 0.6) is 0 Å². The van der Waals surface area contributed by atoms with Crippen molar-refractivity contribution in [2.45, 2.75) is 19.0 Å². The van der Waals surface area contributed by atoms with E-state index >= 15 is 0 Å². The van der Waals surface area contributed by atoms with Crippen molar-refractivity contribution in [3.63, 3.8) is 0 Å². The molecule has 3 N–H and O–H groups in total. The topological polar surface area (TPSA) is 84.8 Å². The highest BCUT2D eigenvalue weighted by Crippen LogP contribution is 2.22. The van der Waals surface area contributed by atoms with Gasteiger partial charge in [-0.1, -0.05) is 30.3 Å². The van der Waals surface area contributed by atoms with Gasteiger partial charge in [0.2, 0.25) is 0 Å². The molecular formula is C19H27N5O2. The second-order valence-electron chi connectivity index (χ2n) is 6.48. The molecule has 7 heteroatoms. The summed E-state index contributed by atoms with van der Waals surface area (Å²) in [5.41, 5.74) is 1.29. The quantitative estimate of drug-likeness (QED) is 0.649. The first-order valence-corrected chi connectivity index (χ1v) is 9.10. The number of hydrogen-bond acceptors (Lipinski definition) is 7. The molecule has 0 aliphatic carbocycles. The maximum absolute atomic E-state index is 9.50. The Hall–Kier alpha value is -2.22. The summed E-state index contributed by atoms with van der Waals surface area (Å²) >= 11 is 0. The van der Waals surface area contributed by atoms with Crippen molar-refractivity contribution in [2.75, 3.05) is 49.6 Å². The molecule has 0 saturated carbocycles. The molecule has 1 aromatic heterocycles. The van der Waals surface area contributed by atoms with E-state index in [2.05, 4.69) is 49.4 Å². The lowest BCUT2D eigenvalue weighted by Gasteiger charge is -2.42. The summed E-state index contributed by atoms with van der Waals surface area (Å²) in [6.45, 7) is 4.23. The molecule has 1 aromatic carbocycles. The minimum Gasteiger partial charge on any atom is -0.396 e. The Labute approximate surface area is 154 Å². The minimum absolute atomic E-state index is 0.0655. The summed E-state index contributed by atoms with van der Waals surface area (Å²) in [6, 6.07) is 12.6. The number of benzene rings is 1. The molecule has 1 aliphatic rings. The van der Waals surface area contributed by atoms with E-state index in [9.17, 15) is 5.11 Å². The summed E-state index contributed by atoms with van der Waals surface area (Å²) in [4.78, 5) is 13.3. The SMILES string of the molecule is OCCNc1cc(N2CCN(Cc3ccccc3)[C@@H](CCO)C2)ncn1. The van der Waals surface area contributed by atoms with Crippen molar-refractivity contribution in [3.05, 3.63) is 48.3 Å². The van der Waals surface area contributed by atoms with Gasteiger partial charge >= 0.3 is 0 Å². The number of nitrogens with one attached hydrogen (secondary N) is 1. The molecule has 0 bridgehead atoms. The summed E-state index contributed by atoms with van der Waals surface area (Å²) in [7, 11) is 0. The molecule has 0 spiro atoms. The van der Waals surface area contributed by atoms with Crippen LogP contribution in [0.1, 0.15) is 12.0 Å². The monoisotopic (exact) mass is 357 g/mol. The van der Waals surface area contributed by atoms with Gasteiger partial charge in [0.05, 0.1) is 6.61 Å². The van der Waals surface area contributed by atoms with Crippen molar-refractivity contribution < 1.29 is 10.2 Å². The van der Waals surface area contributed by atoms with Crippen molar-refractivity contribution in [3.8, 4) is 0 Å². The Morgan fingerprint density at radius 1 is 1.08 bits per heavy atom. The lowest BCUT2D eigenvalue weighted by molar-refractivity contribution is 0.135. The number of rotatable bonds is 8. The molecule has 26 heavy (non-hydrogen) atoms. The summed E-state index contributed by atoms with van der Waals surface area (Å²) in [6.07, 6.45) is 2.29. The highest BCUT2D eigenvalue weighted by molar-refractivity contribution is 5.49. The Morgan fingerprint density at radius 3 is 2.69 bits per heavy atom. The van der Waals surface area contributed by atoms with Crippen LogP contribution in [-0.2, 0) is 6.54 Å². The zero-order valence-corrected chi connectivity index (χ0v) is 15.0. The van der Waals surface area contributed by atoms with Gasteiger partial charge < -0.3 is 20.4 Å². The molecule has 1 aliphatic heterocycles. The van der Waals surface area contributed by atoms with E-state index < -0.39 is 0 Å². The molecule has 0 radical (unpaired) electrons. The van der Waals surface area contributed by atoms with Crippen LogP contribution in [0.25, 0.3) is 0 Å². The van der Waals surface area contributed by atoms with Crippen LogP contribution in [0, 0.1) is 0 Å². The summed E-state index contributed by atoms with van der Waals surface area (Å²) in [5, 5.41) is 21.5. The van der Waals surface area contributed by atoms with Crippen LogP contribution in [0.2, 0.25) is 0 Å². The standard InChI is InChI=1S/C19H27N5O2/c25-10-6-17-14-24(19-12-18(20-7-11-26)21-15-22-19)9-8-23(17)13-16-4-2-1-3-5-16/h1-5,12,15,17,25-26H,6-11,13-14H2,(H,20,21,22)/t17-/m0/s1. The molecule has 2 aromatic rings. The molecule has 1 fully saturated rings. The third-order valence-corrected chi connectivity index (χ3v) is 4.69. The molecule has 140 valence electrons. The molecular weight excluding hydrogens is 330 g/mol. The smallest absolute Gasteiger partial charge is 0.134 e. The van der Waals surface area contributed by atoms with Crippen molar-refractivity contribution in [2.24, 2.45) is 0 Å². The maximum atomic E-state index is 9.50. The van der Waals surface area contributed by atoms with Crippen LogP contribution in [0.15, 0.2) is 42.7 Å². The first-order chi connectivity index (χ1) is 12.8. The highest BCUT2D eigenvalue weighted by Gasteiger charge is 2.27. The third kappa shape index (κ3) is 4.91. The summed E-state index contributed by atoms with van der Waals surface area (Å²) in [5.74, 6) is 1.59. The Morgan fingerprint density at radius 2 is 1.92 bits per heavy atom. The number of piperazine rings is 1. The molecule has 7 nitrogen and oxygen atoms in total. The van der Waals surface area contributed by atoms with Gasteiger partial charge in [-0.05, 0) is 12.0 Å². The van der Waals surface area contributed by atoms with E-state index in [4.69, 9.17) is 5.11 Å². The number of aromatic nitrogens is 2. The number of nitrogens with zero attached hydrogens (tertiary/aromatic N) is 4. The Balaban J connectivity index is 1.67. The number of aliphatic hydroxyl groups is 2. The zero-order chi connectivity index (χ0) is 18.2. The average molecular weight is 357 g/mol. The minimum atomic E-state index is 0.0655. The van der Waals surface area contributed by atoms with E-state index in [-0.39, 0.29) is 19.3 Å². The maximum Gasteiger partial charge on any atom is 0.134 e. The van der Waals surface area contributed by atoms with E-state index in [0.717, 1.165) is 44.2 Å². The zero-order valence-electron chi connectivity index (χ0n) is 15.0. The van der Waals surface area contributed by atoms with Crippen molar-refractivity contribution in [1.29, 1.82) is 0 Å². The van der Waals surface area contributed by atoms with Gasteiger partial charge in [0.15, 0.2) is 0 Å². The predicted molar refractivity (Wildman–Crippen MR) is 102 cm³/mol. The lowest BCUT2D eigenvalue weighted by Crippen LogP contribution is -2.53. The first kappa shape index (κ1) is 18.6. The lowest BCUT2D eigenvalue weighted by atomic mass is 10.1. The summed E-state index contributed by atoms with van der Waals surface area (Å²) < 4.78 is 0.